The summed E-state index contributed by atoms with van der Waals surface area (Å²) in [6.07, 6.45) is -0.498. The second kappa shape index (κ2) is 4.72. The molecule has 80 valence electrons. The highest BCUT2D eigenvalue weighted by atomic mass is 19.3. The lowest BCUT2D eigenvalue weighted by molar-refractivity contribution is 0.0700. The third-order valence-electron chi connectivity index (χ3n) is 2.61. The van der Waals surface area contributed by atoms with E-state index in [0.717, 1.165) is 12.8 Å². The smallest absolute Gasteiger partial charge is 0.251 e. The molecule has 2 N–H and O–H groups in total. The van der Waals surface area contributed by atoms with Crippen molar-refractivity contribution in [3.05, 3.63) is 0 Å². The highest BCUT2D eigenvalue weighted by Crippen LogP contribution is 2.28. The average molecular weight is 202 g/mol. The van der Waals surface area contributed by atoms with Crippen molar-refractivity contribution in [3.8, 4) is 11.8 Å². The first-order valence-corrected chi connectivity index (χ1v) is 4.82. The molecular formula is C10H16F2N2. The van der Waals surface area contributed by atoms with Crippen molar-refractivity contribution in [1.29, 1.82) is 0 Å². The molecule has 0 saturated carbocycles. The van der Waals surface area contributed by atoms with Crippen molar-refractivity contribution in [1.82, 2.24) is 4.90 Å². The van der Waals surface area contributed by atoms with Gasteiger partial charge >= 0.3 is 0 Å². The highest BCUT2D eigenvalue weighted by Gasteiger charge is 2.36. The maximum absolute atomic E-state index is 12.2. The molecule has 1 fully saturated rings. The van der Waals surface area contributed by atoms with Crippen molar-refractivity contribution in [3.63, 3.8) is 0 Å². The number of hydrogen-bond donors (Lipinski definition) is 1. The number of rotatable bonds is 2. The van der Waals surface area contributed by atoms with Crippen molar-refractivity contribution in [2.24, 2.45) is 5.73 Å². The summed E-state index contributed by atoms with van der Waals surface area (Å²) in [5, 5.41) is 0. The zero-order valence-corrected chi connectivity index (χ0v) is 8.39. The van der Waals surface area contributed by atoms with E-state index < -0.39 is 12.0 Å². The van der Waals surface area contributed by atoms with E-state index in [4.69, 9.17) is 5.73 Å². The van der Waals surface area contributed by atoms with Crippen LogP contribution >= 0.6 is 0 Å². The number of nitrogens with zero attached hydrogens (tertiary/aromatic N) is 1. The van der Waals surface area contributed by atoms with Crippen LogP contribution in [0.15, 0.2) is 0 Å². The zero-order valence-electron chi connectivity index (χ0n) is 8.39. The van der Waals surface area contributed by atoms with Crippen LogP contribution in [0.4, 0.5) is 8.78 Å². The van der Waals surface area contributed by atoms with Crippen LogP contribution in [-0.2, 0) is 0 Å². The Morgan fingerprint density at radius 2 is 2.29 bits per heavy atom. The van der Waals surface area contributed by atoms with Crippen LogP contribution in [0.1, 0.15) is 19.8 Å². The van der Waals surface area contributed by atoms with Crippen molar-refractivity contribution in [2.75, 3.05) is 19.6 Å². The molecule has 14 heavy (non-hydrogen) atoms. The van der Waals surface area contributed by atoms with Crippen LogP contribution in [0.25, 0.3) is 0 Å². The third-order valence-corrected chi connectivity index (χ3v) is 2.61. The quantitative estimate of drug-likeness (QED) is 0.679. The Hall–Kier alpha value is -0.660. The van der Waals surface area contributed by atoms with E-state index in [9.17, 15) is 8.78 Å². The van der Waals surface area contributed by atoms with E-state index in [1.54, 1.807) is 4.90 Å². The first-order valence-electron chi connectivity index (χ1n) is 4.82. The topological polar surface area (TPSA) is 29.3 Å². The molecule has 4 heteroatoms. The minimum Gasteiger partial charge on any atom is -0.320 e. The van der Waals surface area contributed by atoms with Gasteiger partial charge in [-0.15, -0.1) is 0 Å². The molecule has 1 aliphatic heterocycles. The fourth-order valence-corrected chi connectivity index (χ4v) is 1.86. The van der Waals surface area contributed by atoms with Gasteiger partial charge in [-0.3, -0.25) is 4.90 Å². The minimum atomic E-state index is -2.29. The predicted molar refractivity (Wildman–Crippen MR) is 52.0 cm³/mol. The van der Waals surface area contributed by atoms with Crippen LogP contribution < -0.4 is 5.73 Å². The van der Waals surface area contributed by atoms with Crippen molar-refractivity contribution < 1.29 is 8.78 Å². The van der Waals surface area contributed by atoms with Crippen molar-refractivity contribution >= 4 is 0 Å². The molecule has 0 aromatic rings. The lowest BCUT2D eigenvalue weighted by atomic mass is 10.00. The van der Waals surface area contributed by atoms with Crippen LogP contribution in [0, 0.1) is 11.8 Å². The van der Waals surface area contributed by atoms with E-state index in [0.29, 0.717) is 6.54 Å². The van der Waals surface area contributed by atoms with Gasteiger partial charge in [0.15, 0.2) is 0 Å². The lowest BCUT2D eigenvalue weighted by Crippen LogP contribution is -2.42. The molecule has 0 radical (unpaired) electrons. The maximum atomic E-state index is 12.2. The Morgan fingerprint density at radius 1 is 1.57 bits per heavy atom. The van der Waals surface area contributed by atoms with Crippen LogP contribution in [-0.4, -0.2) is 36.5 Å². The van der Waals surface area contributed by atoms with E-state index in [1.807, 2.05) is 6.92 Å². The number of halogens is 2. The molecule has 0 amide bonds. The fraction of sp³-hybridized carbons (Fsp3) is 0.800. The average Bonchev–Trinajstić information content (AvgIpc) is 2.45. The number of nitrogens with two attached hydrogens (primary N) is 1. The predicted octanol–water partition coefficient (Wildman–Crippen LogP) is 1.07. The molecule has 0 aliphatic carbocycles. The summed E-state index contributed by atoms with van der Waals surface area (Å²) in [6.45, 7) is 2.72. The van der Waals surface area contributed by atoms with Gasteiger partial charge in [0, 0.05) is 0 Å². The van der Waals surface area contributed by atoms with E-state index >= 15 is 0 Å². The largest absolute Gasteiger partial charge is 0.320 e. The third kappa shape index (κ3) is 2.66. The van der Waals surface area contributed by atoms with Crippen LogP contribution in [0.3, 0.4) is 0 Å². The lowest BCUT2D eigenvalue weighted by Gasteiger charge is -2.30. The van der Waals surface area contributed by atoms with Crippen LogP contribution in [0.2, 0.25) is 0 Å². The molecule has 1 saturated heterocycles. The Morgan fingerprint density at radius 3 is 2.86 bits per heavy atom. The summed E-state index contributed by atoms with van der Waals surface area (Å²) in [7, 11) is 0. The molecule has 1 heterocycles. The van der Waals surface area contributed by atoms with Crippen LogP contribution in [0.5, 0.6) is 0 Å². The van der Waals surface area contributed by atoms with Gasteiger partial charge in [0.2, 0.25) is 0 Å². The molecule has 0 bridgehead atoms. The summed E-state index contributed by atoms with van der Waals surface area (Å²) in [6, 6.07) is 0. The molecule has 2 nitrogen and oxygen atoms in total. The summed E-state index contributed by atoms with van der Waals surface area (Å²) >= 11 is 0. The first kappa shape index (κ1) is 11.4. The van der Waals surface area contributed by atoms with Gasteiger partial charge in [0.1, 0.15) is 0 Å². The zero-order chi connectivity index (χ0) is 10.6. The Kier molecular flexibility index (Phi) is 3.85. The summed E-state index contributed by atoms with van der Waals surface area (Å²) < 4.78 is 24.5. The summed E-state index contributed by atoms with van der Waals surface area (Å²) in [5.74, 6) is 5.76. The van der Waals surface area contributed by atoms with Crippen molar-refractivity contribution in [2.45, 2.75) is 31.7 Å². The number of hydrogen-bond acceptors (Lipinski definition) is 2. The fourth-order valence-electron chi connectivity index (χ4n) is 1.86. The second-order valence-electron chi connectivity index (χ2n) is 3.72. The van der Waals surface area contributed by atoms with E-state index in [1.165, 1.54) is 0 Å². The molecule has 1 unspecified atom stereocenters. The maximum Gasteiger partial charge on any atom is 0.251 e. The molecule has 1 atom stereocenters. The first-order chi connectivity index (χ1) is 6.58. The van der Waals surface area contributed by atoms with Gasteiger partial charge in [0.05, 0.1) is 18.6 Å². The normalized spacial score (nSPS) is 27.8. The molecule has 1 rings (SSSR count). The molecule has 0 aromatic carbocycles. The molecule has 1 aliphatic rings. The molecule has 0 aromatic heterocycles. The summed E-state index contributed by atoms with van der Waals surface area (Å²) in [5.41, 5.74) is 4.88. The second-order valence-corrected chi connectivity index (χ2v) is 3.72. The minimum absolute atomic E-state index is 0.185. The van der Waals surface area contributed by atoms with Gasteiger partial charge in [-0.2, -0.15) is 0 Å². The monoisotopic (exact) mass is 202 g/mol. The number of likely N-dealkylation sites (tertiary alicyclic amines) is 1. The van der Waals surface area contributed by atoms with Gasteiger partial charge in [-0.25, -0.2) is 8.78 Å². The SMILES string of the molecule is CC1(C#CCN)CCCN1CC(F)F. The van der Waals surface area contributed by atoms with Gasteiger partial charge in [-0.1, -0.05) is 11.8 Å². The van der Waals surface area contributed by atoms with Gasteiger partial charge < -0.3 is 5.73 Å². The molecular weight excluding hydrogens is 186 g/mol. The Bertz CT molecular complexity index is 244. The van der Waals surface area contributed by atoms with Gasteiger partial charge in [-0.05, 0) is 26.3 Å². The standard InChI is InChI=1S/C10H16F2N2/c1-10(4-2-6-13)5-3-7-14(10)8-9(11)12/h9H,3,5-8,13H2,1H3. The Labute approximate surface area is 83.4 Å². The number of alkyl halides is 2. The van der Waals surface area contributed by atoms with E-state index in [2.05, 4.69) is 11.8 Å². The van der Waals surface area contributed by atoms with Gasteiger partial charge in [0.25, 0.3) is 6.43 Å². The highest BCUT2D eigenvalue weighted by molar-refractivity contribution is 5.19. The Balaban J connectivity index is 2.65. The molecule has 0 spiro atoms. The summed E-state index contributed by atoms with van der Waals surface area (Å²) in [4.78, 5) is 1.75. The van der Waals surface area contributed by atoms with E-state index in [-0.39, 0.29) is 13.1 Å².